The number of imidazole rings is 2. The molecule has 4 aliphatic heterocycles. The summed E-state index contributed by atoms with van der Waals surface area (Å²) in [6.07, 6.45) is -22.3. The summed E-state index contributed by atoms with van der Waals surface area (Å²) in [6, 6.07) is 3.86. The van der Waals surface area contributed by atoms with E-state index in [0.29, 0.717) is 0 Å². The first-order valence-corrected chi connectivity index (χ1v) is 33.1. The van der Waals surface area contributed by atoms with Crippen molar-refractivity contribution in [3.63, 3.8) is 0 Å². The van der Waals surface area contributed by atoms with Gasteiger partial charge in [-0.2, -0.15) is 0 Å². The smallest absolute Gasteiger partial charge is 0.412 e. The lowest BCUT2D eigenvalue weighted by atomic mass is 9.99. The highest BCUT2D eigenvalue weighted by Gasteiger charge is 2.54. The molecule has 3 unspecified atom stereocenters. The zero-order valence-electron chi connectivity index (χ0n) is 48.5. The summed E-state index contributed by atoms with van der Waals surface area (Å²) in [5.74, 6) is -5.81. The van der Waals surface area contributed by atoms with Crippen LogP contribution in [-0.2, 0) is 96.0 Å². The van der Waals surface area contributed by atoms with E-state index in [9.17, 15) is 63.8 Å². The summed E-state index contributed by atoms with van der Waals surface area (Å²) in [5, 5.41) is 57.1. The van der Waals surface area contributed by atoms with E-state index in [4.69, 9.17) is 81.0 Å². The summed E-state index contributed by atoms with van der Waals surface area (Å²) in [5.41, 5.74) is 5.96. The molecule has 4 fully saturated rings. The number of fused-ring (bicyclic) bond motifs is 4. The molecule has 4 aromatic heterocycles. The van der Waals surface area contributed by atoms with Gasteiger partial charge >= 0.3 is 37.6 Å². The topological polar surface area (TPSA) is 506 Å². The van der Waals surface area contributed by atoms with E-state index in [-0.39, 0.29) is 102 Å². The third-order valence-electron chi connectivity index (χ3n) is 14.6. The van der Waals surface area contributed by atoms with Crippen molar-refractivity contribution in [2.45, 2.75) is 126 Å². The molecule has 0 saturated carbocycles. The minimum absolute atomic E-state index is 0.000204. The first kappa shape index (κ1) is 70.0. The second-order valence-corrected chi connectivity index (χ2v) is 26.8. The Morgan fingerprint density at radius 3 is 2.02 bits per heavy atom. The van der Waals surface area contributed by atoms with Gasteiger partial charge in [0.15, 0.2) is 59.3 Å². The van der Waals surface area contributed by atoms with Crippen LogP contribution in [0, 0.1) is 5.92 Å². The Balaban J connectivity index is 0.775. The second-order valence-electron chi connectivity index (χ2n) is 21.2. The highest BCUT2D eigenvalue weighted by molar-refractivity contribution is 8.07. The standard InChI is InChI=1S/C50H61F2N13O24P2S2/c1-21(46(72)73)12-29(68)54-9-8-23(66)4-3-5-28(67)61-24-13-22(6-7-25(24)86-48-36(71)34(69)35(70)39(87-48)47(74)75)14-81-50(77)63(2)10-11-80-49(76)62-41-33-43(58-18-56-41)65(20-60-33)45-31(52)38-27(85-45)16-83-90(78,92)88-37-26(15-82-91(79,93)89-38)84-44(30(37)51)64-19-59-32-40(53)55-17-57-42(32)64/h6-7,13,17-21,26-27,30-31,34-39,44-45,48,69-71H,3-5,8-12,14-16H2,1-2H3,(H,54,68)(H,61,67)(H,72,73)(H,74,75)(H,78,92)(H,79,93)(H2,53,55,57)(H,56,58,62,76)/t21?,26-,27-,30-,31-,34+,35+,36-,37-,38-,39+,44-,45-,48-,90?,91?/m1/s1. The Kier molecular flexibility index (Phi) is 22.6. The number of aliphatic hydroxyl groups is 3. The number of nitrogens with zero attached hydrogens (tertiary/aromatic N) is 9. The Bertz CT molecular complexity index is 3720. The lowest BCUT2D eigenvalue weighted by Gasteiger charge is -2.38. The molecule has 9 rings (SSSR count). The molecule has 5 aromatic rings. The number of amides is 4. The van der Waals surface area contributed by atoms with Gasteiger partial charge in [0.1, 0.15) is 85.6 Å². The van der Waals surface area contributed by atoms with Crippen molar-refractivity contribution in [2.24, 2.45) is 5.92 Å². The van der Waals surface area contributed by atoms with Crippen LogP contribution >= 0.6 is 13.4 Å². The van der Waals surface area contributed by atoms with E-state index in [1.165, 1.54) is 43.1 Å². The number of hydrogen-bond donors (Lipinski definition) is 11. The number of rotatable bonds is 22. The number of ether oxygens (including phenoxy) is 6. The number of nitrogens with one attached hydrogen (secondary N) is 3. The molecular weight excluding hydrogens is 1330 g/mol. The number of alkyl halides is 2. The number of halogens is 2. The molecule has 8 heterocycles. The number of benzene rings is 1. The SMILES string of the molecule is CC(CC(=O)NCCC(=O)CCCC(=O)Nc1cc(COC(=O)N(C)CCOC(=O)Nc2ncnc3c2ncn3[C@@H]2O[C@@H]3COP(O)(=S)O[C@H]4[C@@H](F)[C@H](n5cnc6c(N)ncnc65)O[C@@H]4COP(O)(=S)O[C@H]3[C@H]2F)ccc1O[C@@H]1O[C@H](C(=O)O)[C@@H](O)[C@H](O)[C@H]1O)C(=O)O. The number of nitrogen functional groups attached to an aromatic ring is 1. The van der Waals surface area contributed by atoms with Crippen LogP contribution in [0.1, 0.15) is 57.0 Å². The van der Waals surface area contributed by atoms with E-state index in [0.717, 1.165) is 28.4 Å². The van der Waals surface area contributed by atoms with Crippen LogP contribution in [-0.4, -0.2) is 228 Å². The van der Waals surface area contributed by atoms with Gasteiger partial charge in [0, 0.05) is 39.3 Å². The summed E-state index contributed by atoms with van der Waals surface area (Å²) < 4.78 is 91.3. The predicted octanol–water partition coefficient (Wildman–Crippen LogP) is 0.353. The molecule has 0 aliphatic carbocycles. The number of nitrogens with two attached hydrogens (primary N) is 1. The Morgan fingerprint density at radius 1 is 0.785 bits per heavy atom. The van der Waals surface area contributed by atoms with Gasteiger partial charge in [0.2, 0.25) is 18.1 Å². The number of likely N-dealkylation sites (N-methyl/N-ethyl adjacent to an activating group) is 1. The van der Waals surface area contributed by atoms with E-state index in [1.807, 2.05) is 0 Å². The number of anilines is 3. The molecule has 4 amide bonds. The molecule has 0 spiro atoms. The fourth-order valence-electron chi connectivity index (χ4n) is 9.70. The molecule has 4 aliphatic rings. The maximum Gasteiger partial charge on any atom is 0.412 e. The van der Waals surface area contributed by atoms with Gasteiger partial charge < -0.3 is 94.1 Å². The molecule has 16 atom stereocenters. The zero-order chi connectivity index (χ0) is 67.2. The van der Waals surface area contributed by atoms with Gasteiger partial charge in [-0.1, -0.05) is 13.0 Å². The van der Waals surface area contributed by atoms with Crippen LogP contribution in [0.25, 0.3) is 22.3 Å². The number of carboxylic acids is 2. The molecule has 0 bridgehead atoms. The zero-order valence-corrected chi connectivity index (χ0v) is 52.0. The van der Waals surface area contributed by atoms with Gasteiger partial charge in [-0.25, -0.2) is 53.1 Å². The number of aliphatic carboxylic acids is 2. The van der Waals surface area contributed by atoms with E-state index in [1.54, 1.807) is 0 Å². The Labute approximate surface area is 532 Å². The lowest BCUT2D eigenvalue weighted by Crippen LogP contribution is -2.61. The van der Waals surface area contributed by atoms with Crippen molar-refractivity contribution in [3.05, 3.63) is 49.1 Å². The van der Waals surface area contributed by atoms with Gasteiger partial charge in [-0.3, -0.25) is 42.7 Å². The number of hydrogen-bond acceptors (Lipinski definition) is 29. The average molecular weight is 1390 g/mol. The normalized spacial score (nSPS) is 29.2. The molecular formula is C50H61F2N13O24P2S2. The number of carbonyl (C=O) groups excluding carboxylic acids is 5. The fraction of sp³-hybridized carbons (Fsp3) is 0.540. The van der Waals surface area contributed by atoms with Crippen LogP contribution in [0.4, 0.5) is 35.7 Å². The molecule has 4 saturated heterocycles. The van der Waals surface area contributed by atoms with Crippen LogP contribution in [0.5, 0.6) is 5.75 Å². The predicted molar refractivity (Wildman–Crippen MR) is 313 cm³/mol. The number of aromatic nitrogens is 8. The van der Waals surface area contributed by atoms with Gasteiger partial charge in [0.05, 0.1) is 44.0 Å². The lowest BCUT2D eigenvalue weighted by molar-refractivity contribution is -0.271. The maximum atomic E-state index is 16.7. The molecule has 93 heavy (non-hydrogen) atoms. The van der Waals surface area contributed by atoms with Crippen molar-refractivity contribution < 1.29 is 124 Å². The monoisotopic (exact) mass is 1390 g/mol. The van der Waals surface area contributed by atoms with E-state index < -0.39 is 162 Å². The molecule has 43 heteroatoms. The average Bonchev–Trinajstić information content (AvgIpc) is 1.63. The second kappa shape index (κ2) is 30.0. The van der Waals surface area contributed by atoms with Gasteiger partial charge in [-0.05, 0) is 47.7 Å². The number of carboxylic acid groups (broad SMARTS) is 2. The number of aliphatic hydroxyl groups excluding tert-OH is 3. The van der Waals surface area contributed by atoms with Crippen molar-refractivity contribution >= 4 is 118 Å². The van der Waals surface area contributed by atoms with Crippen molar-refractivity contribution in [2.75, 3.05) is 56.3 Å². The summed E-state index contributed by atoms with van der Waals surface area (Å²) in [7, 11) is 1.30. The Morgan fingerprint density at radius 2 is 1.40 bits per heavy atom. The van der Waals surface area contributed by atoms with Crippen LogP contribution in [0.3, 0.4) is 0 Å². The van der Waals surface area contributed by atoms with Crippen molar-refractivity contribution in [1.82, 2.24) is 49.3 Å². The Hall–Kier alpha value is -7.31. The van der Waals surface area contributed by atoms with E-state index in [2.05, 4.69) is 45.9 Å². The minimum Gasteiger partial charge on any atom is -0.481 e. The first-order chi connectivity index (χ1) is 44.1. The molecule has 0 radical (unpaired) electrons. The highest BCUT2D eigenvalue weighted by Crippen LogP contribution is 2.55. The quantitative estimate of drug-likeness (QED) is 0.0417. The van der Waals surface area contributed by atoms with Gasteiger partial charge in [0.25, 0.3) is 0 Å². The summed E-state index contributed by atoms with van der Waals surface area (Å²) in [6.45, 7) is -10.2. The summed E-state index contributed by atoms with van der Waals surface area (Å²) in [4.78, 5) is 135. The third kappa shape index (κ3) is 17.0. The molecule has 506 valence electrons. The molecule has 1 aromatic carbocycles. The minimum atomic E-state index is -4.46. The molecule has 37 nitrogen and oxygen atoms in total. The maximum absolute atomic E-state index is 16.7. The first-order valence-electron chi connectivity index (χ1n) is 27.9. The van der Waals surface area contributed by atoms with Gasteiger partial charge in [-0.15, -0.1) is 0 Å². The van der Waals surface area contributed by atoms with Crippen molar-refractivity contribution in [1.29, 1.82) is 0 Å². The number of carbonyl (C=O) groups is 7. The van der Waals surface area contributed by atoms with Crippen LogP contribution in [0.2, 0.25) is 0 Å². The highest BCUT2D eigenvalue weighted by atomic mass is 32.5. The van der Waals surface area contributed by atoms with Crippen molar-refractivity contribution in [3.8, 4) is 5.75 Å². The summed E-state index contributed by atoms with van der Waals surface area (Å²) >= 11 is 10.5. The van der Waals surface area contributed by atoms with Crippen LogP contribution < -0.4 is 26.4 Å². The number of Topliss-reactive ketones (excluding diaryl/α,β-unsaturated/α-hetero) is 1. The fourth-order valence-corrected chi connectivity index (χ4v) is 12.6. The van der Waals surface area contributed by atoms with Crippen LogP contribution in [0.15, 0.2) is 43.5 Å². The molecule has 12 N–H and O–H groups in total. The largest absolute Gasteiger partial charge is 0.481 e. The third-order valence-corrected chi connectivity index (χ3v) is 17.7. The van der Waals surface area contributed by atoms with E-state index >= 15 is 8.78 Å². The number of ketones is 1.